The minimum atomic E-state index is -0.129. The van der Waals surface area contributed by atoms with E-state index in [2.05, 4.69) is 6.92 Å². The number of hydrogen-bond acceptors (Lipinski definition) is 3. The molecule has 0 aliphatic rings. The molecule has 0 amide bonds. The lowest BCUT2D eigenvalue weighted by Crippen LogP contribution is -2.11. The van der Waals surface area contributed by atoms with Crippen molar-refractivity contribution in [2.24, 2.45) is 0 Å². The zero-order valence-corrected chi connectivity index (χ0v) is 16.0. The van der Waals surface area contributed by atoms with Crippen molar-refractivity contribution in [3.63, 3.8) is 0 Å². The monoisotopic (exact) mass is 362 g/mol. The van der Waals surface area contributed by atoms with Crippen LogP contribution in [0.3, 0.4) is 0 Å². The Bertz CT molecular complexity index is 1010. The summed E-state index contributed by atoms with van der Waals surface area (Å²) >= 11 is 0. The van der Waals surface area contributed by atoms with Gasteiger partial charge in [-0.05, 0) is 22.8 Å². The maximum Gasteiger partial charge on any atom is 0.305 e. The van der Waals surface area contributed by atoms with Crippen LogP contribution in [0.25, 0.3) is 21.5 Å². The molecule has 0 saturated heterocycles. The molecule has 0 saturated carbocycles. The average molecular weight is 362 g/mol. The summed E-state index contributed by atoms with van der Waals surface area (Å²) in [7, 11) is 0. The van der Waals surface area contributed by atoms with Gasteiger partial charge in [0.2, 0.25) is 0 Å². The number of benzene rings is 2. The fourth-order valence-electron chi connectivity index (χ4n) is 3.31. The molecule has 0 spiro atoms. The van der Waals surface area contributed by atoms with E-state index in [0.717, 1.165) is 41.0 Å². The summed E-state index contributed by atoms with van der Waals surface area (Å²) in [6, 6.07) is 17.5. The molecule has 0 aliphatic heterocycles. The summed E-state index contributed by atoms with van der Waals surface area (Å²) in [6.07, 6.45) is 3.52. The van der Waals surface area contributed by atoms with E-state index in [1.807, 2.05) is 61.5 Å². The number of unbranched alkanes of at least 4 members (excludes halogenated alkanes) is 2. The van der Waals surface area contributed by atoms with Gasteiger partial charge < -0.3 is 4.74 Å². The third-order valence-electron chi connectivity index (χ3n) is 5.02. The van der Waals surface area contributed by atoms with E-state index in [4.69, 9.17) is 4.74 Å². The molecular weight excluding hydrogens is 336 g/mol. The Kier molecular flexibility index (Phi) is 6.23. The Morgan fingerprint density at radius 1 is 0.963 bits per heavy atom. The predicted molar refractivity (Wildman–Crippen MR) is 111 cm³/mol. The molecule has 3 rings (SSSR count). The number of carbonyl (C=O) groups excluding carboxylic acids is 1. The minimum absolute atomic E-state index is 0.0483. The van der Waals surface area contributed by atoms with Crippen LogP contribution in [0.15, 0.2) is 59.4 Å². The summed E-state index contributed by atoms with van der Waals surface area (Å²) in [5, 5.41) is 3.29. The van der Waals surface area contributed by atoms with Crippen molar-refractivity contribution in [1.82, 2.24) is 0 Å². The summed E-state index contributed by atoms with van der Waals surface area (Å²) in [5.74, 6) is -0.0462. The minimum Gasteiger partial charge on any atom is -0.465 e. The van der Waals surface area contributed by atoms with Gasteiger partial charge in [0.1, 0.15) is 0 Å². The summed E-state index contributed by atoms with van der Waals surface area (Å²) in [5.41, 5.74) is 1.12. The Morgan fingerprint density at radius 3 is 2.52 bits per heavy atom. The first-order valence-electron chi connectivity index (χ1n) is 9.71. The Balaban J connectivity index is 1.81. The van der Waals surface area contributed by atoms with Crippen LogP contribution in [0.2, 0.25) is 0 Å². The SMILES string of the molecule is CCCCCC(=O)OCC(C)c1ccc2c(=O)c3ccccc3ccc2c1. The van der Waals surface area contributed by atoms with Gasteiger partial charge in [-0.2, -0.15) is 0 Å². The molecule has 1 atom stereocenters. The summed E-state index contributed by atoms with van der Waals surface area (Å²) in [6.45, 7) is 4.52. The van der Waals surface area contributed by atoms with Crippen molar-refractivity contribution in [1.29, 1.82) is 0 Å². The zero-order chi connectivity index (χ0) is 19.2. The van der Waals surface area contributed by atoms with Gasteiger partial charge in [0.05, 0.1) is 6.61 Å². The highest BCUT2D eigenvalue weighted by Crippen LogP contribution is 2.22. The van der Waals surface area contributed by atoms with Gasteiger partial charge in [-0.1, -0.05) is 81.3 Å². The predicted octanol–water partition coefficient (Wildman–Crippen LogP) is 5.58. The Hall–Kier alpha value is -2.68. The second-order valence-electron chi connectivity index (χ2n) is 7.14. The lowest BCUT2D eigenvalue weighted by Gasteiger charge is -2.13. The second kappa shape index (κ2) is 8.81. The first kappa shape index (κ1) is 19.1. The molecule has 0 heterocycles. The van der Waals surface area contributed by atoms with Crippen molar-refractivity contribution in [3.8, 4) is 0 Å². The van der Waals surface area contributed by atoms with Crippen molar-refractivity contribution >= 4 is 27.5 Å². The average Bonchev–Trinajstić information content (AvgIpc) is 2.83. The van der Waals surface area contributed by atoms with E-state index < -0.39 is 0 Å². The molecule has 3 aromatic rings. The molecule has 3 heteroatoms. The zero-order valence-electron chi connectivity index (χ0n) is 16.0. The van der Waals surface area contributed by atoms with Crippen molar-refractivity contribution in [3.05, 3.63) is 70.4 Å². The fourth-order valence-corrected chi connectivity index (χ4v) is 3.31. The third-order valence-corrected chi connectivity index (χ3v) is 5.02. The highest BCUT2D eigenvalue weighted by Gasteiger charge is 2.11. The third kappa shape index (κ3) is 4.54. The van der Waals surface area contributed by atoms with Crippen molar-refractivity contribution in [2.75, 3.05) is 6.61 Å². The normalized spacial score (nSPS) is 12.2. The quantitative estimate of drug-likeness (QED) is 0.407. The molecule has 0 bridgehead atoms. The van der Waals surface area contributed by atoms with Crippen LogP contribution in [0.4, 0.5) is 0 Å². The van der Waals surface area contributed by atoms with E-state index in [1.165, 1.54) is 0 Å². The van der Waals surface area contributed by atoms with Crippen LogP contribution in [-0.2, 0) is 9.53 Å². The molecule has 0 fully saturated rings. The molecular formula is C24H26O3. The van der Waals surface area contributed by atoms with Crippen LogP contribution in [-0.4, -0.2) is 12.6 Å². The van der Waals surface area contributed by atoms with Gasteiger partial charge in [0.25, 0.3) is 0 Å². The molecule has 0 N–H and O–H groups in total. The number of rotatable bonds is 7. The molecule has 0 aromatic heterocycles. The molecule has 27 heavy (non-hydrogen) atoms. The topological polar surface area (TPSA) is 43.4 Å². The van der Waals surface area contributed by atoms with Gasteiger partial charge in [-0.3, -0.25) is 9.59 Å². The van der Waals surface area contributed by atoms with Crippen LogP contribution >= 0.6 is 0 Å². The van der Waals surface area contributed by atoms with Gasteiger partial charge in [-0.25, -0.2) is 0 Å². The first-order chi connectivity index (χ1) is 13.1. The van der Waals surface area contributed by atoms with E-state index >= 15 is 0 Å². The highest BCUT2D eigenvalue weighted by molar-refractivity contribution is 5.93. The summed E-state index contributed by atoms with van der Waals surface area (Å²) < 4.78 is 5.42. The number of hydrogen-bond donors (Lipinski definition) is 0. The van der Waals surface area contributed by atoms with Gasteiger partial charge >= 0.3 is 5.97 Å². The van der Waals surface area contributed by atoms with Crippen LogP contribution < -0.4 is 5.43 Å². The fraction of sp³-hybridized carbons (Fsp3) is 0.333. The van der Waals surface area contributed by atoms with Gasteiger partial charge in [0.15, 0.2) is 5.43 Å². The summed E-state index contributed by atoms with van der Waals surface area (Å²) in [4.78, 5) is 24.7. The van der Waals surface area contributed by atoms with Crippen molar-refractivity contribution in [2.45, 2.75) is 45.4 Å². The van der Waals surface area contributed by atoms with Crippen molar-refractivity contribution < 1.29 is 9.53 Å². The largest absolute Gasteiger partial charge is 0.465 e. The molecule has 3 nitrogen and oxygen atoms in total. The van der Waals surface area contributed by atoms with E-state index in [1.54, 1.807) is 0 Å². The molecule has 0 radical (unpaired) electrons. The van der Waals surface area contributed by atoms with Gasteiger partial charge in [-0.15, -0.1) is 0 Å². The Morgan fingerprint density at radius 2 is 1.70 bits per heavy atom. The van der Waals surface area contributed by atoms with E-state index in [0.29, 0.717) is 18.4 Å². The molecule has 0 aliphatic carbocycles. The van der Waals surface area contributed by atoms with E-state index in [9.17, 15) is 9.59 Å². The maximum atomic E-state index is 12.8. The first-order valence-corrected chi connectivity index (χ1v) is 9.71. The highest BCUT2D eigenvalue weighted by atomic mass is 16.5. The number of esters is 1. The second-order valence-corrected chi connectivity index (χ2v) is 7.14. The van der Waals surface area contributed by atoms with Crippen LogP contribution in [0.1, 0.15) is 51.0 Å². The van der Waals surface area contributed by atoms with Crippen LogP contribution in [0, 0.1) is 0 Å². The smallest absolute Gasteiger partial charge is 0.305 e. The van der Waals surface area contributed by atoms with Crippen LogP contribution in [0.5, 0.6) is 0 Å². The lowest BCUT2D eigenvalue weighted by atomic mass is 9.99. The Labute approximate surface area is 160 Å². The molecule has 140 valence electrons. The maximum absolute atomic E-state index is 12.8. The lowest BCUT2D eigenvalue weighted by molar-refractivity contribution is -0.144. The molecule has 3 aromatic carbocycles. The van der Waals surface area contributed by atoms with E-state index in [-0.39, 0.29) is 17.3 Å². The number of ether oxygens (including phenoxy) is 1. The standard InChI is InChI=1S/C24H26O3/c1-3-4-5-10-23(25)27-16-17(2)19-13-14-22-20(15-19)12-11-18-8-6-7-9-21(18)24(22)26/h6-9,11-15,17H,3-5,10,16H2,1-2H3. The number of carbonyl (C=O) groups is 1. The van der Waals surface area contributed by atoms with Gasteiger partial charge in [0, 0.05) is 23.1 Å². The number of fused-ring (bicyclic) bond motifs is 2. The molecule has 1 unspecified atom stereocenters.